The van der Waals surface area contributed by atoms with Crippen molar-refractivity contribution in [1.82, 2.24) is 5.32 Å². The van der Waals surface area contributed by atoms with Gasteiger partial charge in [-0.3, -0.25) is 4.79 Å². The van der Waals surface area contributed by atoms with Gasteiger partial charge in [-0.15, -0.1) is 0 Å². The summed E-state index contributed by atoms with van der Waals surface area (Å²) in [6.07, 6.45) is -0.732. The molecule has 1 aromatic carbocycles. The number of alkyl carbamates (subject to hydrolysis) is 1. The van der Waals surface area contributed by atoms with Gasteiger partial charge < -0.3 is 15.0 Å². The number of hydrogen-bond acceptors (Lipinski definition) is 6. The van der Waals surface area contributed by atoms with E-state index in [1.807, 2.05) is 0 Å². The van der Waals surface area contributed by atoms with Crippen LogP contribution in [0.1, 0.15) is 20.8 Å². The van der Waals surface area contributed by atoms with Crippen molar-refractivity contribution in [2.24, 2.45) is 4.99 Å². The van der Waals surface area contributed by atoms with Gasteiger partial charge in [-0.05, 0) is 32.9 Å². The van der Waals surface area contributed by atoms with Gasteiger partial charge in [0.25, 0.3) is 5.91 Å². The predicted octanol–water partition coefficient (Wildman–Crippen LogP) is 3.12. The molecular formula is C18H21Cl2N3O5S2. The number of sulfone groups is 1. The number of para-hydroxylation sites is 1. The third kappa shape index (κ3) is 5.40. The smallest absolute Gasteiger partial charge is 0.408 e. The molecule has 0 aromatic heterocycles. The second-order valence-corrected chi connectivity index (χ2v) is 12.1. The SMILES string of the molecule is CC(C)(C)OC(=O)NCC(=O)N=C1S[C@H]2CS(=O)(=O)C[C@H]2N1c1c(Cl)cccc1Cl. The number of anilines is 1. The summed E-state index contributed by atoms with van der Waals surface area (Å²) in [5.74, 6) is -0.723. The minimum atomic E-state index is -3.23. The van der Waals surface area contributed by atoms with E-state index in [0.717, 1.165) is 0 Å². The zero-order chi connectivity index (χ0) is 22.3. The average molecular weight is 494 g/mol. The minimum absolute atomic E-state index is 0.0235. The number of ether oxygens (including phenoxy) is 1. The van der Waals surface area contributed by atoms with Gasteiger partial charge in [0, 0.05) is 5.25 Å². The first-order valence-electron chi connectivity index (χ1n) is 9.05. The molecule has 0 bridgehead atoms. The summed E-state index contributed by atoms with van der Waals surface area (Å²) in [7, 11) is -3.23. The molecule has 0 radical (unpaired) electrons. The van der Waals surface area contributed by atoms with Crippen molar-refractivity contribution >= 4 is 67.7 Å². The van der Waals surface area contributed by atoms with E-state index in [4.69, 9.17) is 27.9 Å². The summed E-state index contributed by atoms with van der Waals surface area (Å²) >= 11 is 13.9. The molecule has 1 N–H and O–H groups in total. The Balaban J connectivity index is 1.84. The van der Waals surface area contributed by atoms with Crippen molar-refractivity contribution in [3.05, 3.63) is 28.2 Å². The highest BCUT2D eigenvalue weighted by Crippen LogP contribution is 2.45. The average Bonchev–Trinajstić information content (AvgIpc) is 3.03. The molecule has 0 aliphatic carbocycles. The van der Waals surface area contributed by atoms with Crippen LogP contribution in [-0.2, 0) is 19.4 Å². The second kappa shape index (κ2) is 8.57. The largest absolute Gasteiger partial charge is 0.444 e. The number of halogens is 2. The van der Waals surface area contributed by atoms with E-state index in [1.54, 1.807) is 43.9 Å². The Morgan fingerprint density at radius 1 is 1.27 bits per heavy atom. The number of carbonyl (C=O) groups excluding carboxylic acids is 2. The van der Waals surface area contributed by atoms with Gasteiger partial charge >= 0.3 is 6.09 Å². The molecule has 3 rings (SSSR count). The lowest BCUT2D eigenvalue weighted by molar-refractivity contribution is -0.117. The number of thioether (sulfide) groups is 1. The molecule has 2 amide bonds. The Labute approximate surface area is 189 Å². The number of carbonyl (C=O) groups is 2. The quantitative estimate of drug-likeness (QED) is 0.689. The van der Waals surface area contributed by atoms with Crippen LogP contribution in [0.3, 0.4) is 0 Å². The fourth-order valence-electron chi connectivity index (χ4n) is 3.15. The highest BCUT2D eigenvalue weighted by molar-refractivity contribution is 8.16. The van der Waals surface area contributed by atoms with Gasteiger partial charge in [-0.1, -0.05) is 41.0 Å². The highest BCUT2D eigenvalue weighted by atomic mass is 35.5. The van der Waals surface area contributed by atoms with Crippen molar-refractivity contribution in [2.75, 3.05) is 23.0 Å². The summed E-state index contributed by atoms with van der Waals surface area (Å²) in [5, 5.41) is 3.00. The fraction of sp³-hybridized carbons (Fsp3) is 0.500. The zero-order valence-corrected chi connectivity index (χ0v) is 19.7. The summed E-state index contributed by atoms with van der Waals surface area (Å²) in [6, 6.07) is 4.50. The molecule has 1 aromatic rings. The Hall–Kier alpha value is -1.49. The molecule has 0 spiro atoms. The van der Waals surface area contributed by atoms with E-state index < -0.39 is 33.5 Å². The van der Waals surface area contributed by atoms with Gasteiger partial charge in [0.1, 0.15) is 12.1 Å². The Bertz CT molecular complexity index is 987. The van der Waals surface area contributed by atoms with Gasteiger partial charge in [-0.25, -0.2) is 13.2 Å². The van der Waals surface area contributed by atoms with E-state index in [9.17, 15) is 18.0 Å². The van der Waals surface area contributed by atoms with Crippen LogP contribution >= 0.6 is 35.0 Å². The van der Waals surface area contributed by atoms with Gasteiger partial charge in [0.15, 0.2) is 15.0 Å². The van der Waals surface area contributed by atoms with Gasteiger partial charge in [0.2, 0.25) is 0 Å². The molecule has 8 nitrogen and oxygen atoms in total. The Kier molecular flexibility index (Phi) is 6.62. The Morgan fingerprint density at radius 2 is 1.90 bits per heavy atom. The lowest BCUT2D eigenvalue weighted by Gasteiger charge is -2.26. The number of amides is 2. The first-order valence-corrected chi connectivity index (χ1v) is 12.5. The number of nitrogens with zero attached hydrogens (tertiary/aromatic N) is 2. The van der Waals surface area contributed by atoms with E-state index in [-0.39, 0.29) is 23.3 Å². The summed E-state index contributed by atoms with van der Waals surface area (Å²) < 4.78 is 29.4. The molecule has 30 heavy (non-hydrogen) atoms. The third-order valence-corrected chi connectivity index (χ3v) is 8.07. The molecule has 2 fully saturated rings. The monoisotopic (exact) mass is 493 g/mol. The maximum absolute atomic E-state index is 12.4. The molecule has 12 heteroatoms. The number of aliphatic imine (C=N–C) groups is 1. The second-order valence-electron chi connectivity index (χ2n) is 7.88. The summed E-state index contributed by atoms with van der Waals surface area (Å²) in [5.41, 5.74) is -0.287. The number of nitrogens with one attached hydrogen (secondary N) is 1. The zero-order valence-electron chi connectivity index (χ0n) is 16.5. The van der Waals surface area contributed by atoms with Crippen LogP contribution in [0.2, 0.25) is 10.0 Å². The van der Waals surface area contributed by atoms with Crippen LogP contribution in [0.5, 0.6) is 0 Å². The van der Waals surface area contributed by atoms with Crippen LogP contribution in [-0.4, -0.2) is 60.5 Å². The molecule has 2 aliphatic heterocycles. The number of rotatable bonds is 3. The van der Waals surface area contributed by atoms with Crippen LogP contribution in [0.15, 0.2) is 23.2 Å². The van der Waals surface area contributed by atoms with Crippen LogP contribution < -0.4 is 10.2 Å². The van der Waals surface area contributed by atoms with Crippen LogP contribution in [0.4, 0.5) is 10.5 Å². The van der Waals surface area contributed by atoms with E-state index >= 15 is 0 Å². The molecule has 2 aliphatic rings. The number of amidine groups is 1. The molecule has 164 valence electrons. The number of hydrogen-bond donors (Lipinski definition) is 1. The van der Waals surface area contributed by atoms with Crippen molar-refractivity contribution in [1.29, 1.82) is 0 Å². The third-order valence-electron chi connectivity index (χ3n) is 4.25. The lowest BCUT2D eigenvalue weighted by atomic mass is 10.2. The first-order chi connectivity index (χ1) is 13.9. The summed E-state index contributed by atoms with van der Waals surface area (Å²) in [4.78, 5) is 29.9. The number of fused-ring (bicyclic) bond motifs is 1. The van der Waals surface area contributed by atoms with Crippen LogP contribution in [0.25, 0.3) is 0 Å². The molecule has 2 atom stereocenters. The molecule has 0 saturated carbocycles. The maximum atomic E-state index is 12.4. The van der Waals surface area contributed by atoms with Gasteiger partial charge in [-0.2, -0.15) is 4.99 Å². The standard InChI is InChI=1S/C18H21Cl2N3O5S2/c1-18(2,3)28-17(25)21-7-14(24)22-16-23(15-10(19)5-4-6-11(15)20)12-8-30(26,27)9-13(12)29-16/h4-6,12-13H,7-9H2,1-3H3,(H,21,25)/t12-,13+/m1/s1. The fourth-order valence-corrected chi connectivity index (χ4v) is 7.65. The lowest BCUT2D eigenvalue weighted by Crippen LogP contribution is -2.39. The van der Waals surface area contributed by atoms with Crippen molar-refractivity contribution in [2.45, 2.75) is 37.7 Å². The predicted molar refractivity (Wildman–Crippen MR) is 119 cm³/mol. The van der Waals surface area contributed by atoms with Gasteiger partial charge in [0.05, 0.1) is 33.3 Å². The molecule has 2 saturated heterocycles. The van der Waals surface area contributed by atoms with Crippen molar-refractivity contribution in [3.8, 4) is 0 Å². The molecule has 2 heterocycles. The van der Waals surface area contributed by atoms with Crippen molar-refractivity contribution in [3.63, 3.8) is 0 Å². The topological polar surface area (TPSA) is 105 Å². The van der Waals surface area contributed by atoms with E-state index in [1.165, 1.54) is 11.8 Å². The van der Waals surface area contributed by atoms with E-state index in [2.05, 4.69) is 10.3 Å². The molecular weight excluding hydrogens is 473 g/mol. The van der Waals surface area contributed by atoms with Crippen LogP contribution in [0, 0.1) is 0 Å². The van der Waals surface area contributed by atoms with Crippen molar-refractivity contribution < 1.29 is 22.7 Å². The number of benzene rings is 1. The highest BCUT2D eigenvalue weighted by Gasteiger charge is 2.50. The van der Waals surface area contributed by atoms with E-state index in [0.29, 0.717) is 20.9 Å². The Morgan fingerprint density at radius 3 is 2.50 bits per heavy atom. The molecule has 0 unspecified atom stereocenters. The first kappa shape index (κ1) is 23.2. The minimum Gasteiger partial charge on any atom is -0.444 e. The normalized spacial score (nSPS) is 24.0. The maximum Gasteiger partial charge on any atom is 0.408 e. The summed E-state index contributed by atoms with van der Waals surface area (Å²) in [6.45, 7) is 4.77.